The van der Waals surface area contributed by atoms with Crippen molar-refractivity contribution in [2.45, 2.75) is 180 Å². The largest absolute Gasteiger partial charge is 0.460 e. The molecule has 5 rings (SSSR count). The van der Waals surface area contributed by atoms with Crippen LogP contribution in [0, 0.1) is 35.5 Å². The van der Waals surface area contributed by atoms with E-state index in [1.54, 1.807) is 59.1 Å². The third-order valence-electron chi connectivity index (χ3n) is 15.9. The molecule has 0 spiro atoms. The number of aliphatic hydroxyl groups is 3. The first-order valence-corrected chi connectivity index (χ1v) is 27.9. The van der Waals surface area contributed by atoms with Gasteiger partial charge in [-0.2, -0.15) is 4.31 Å². The Morgan fingerprint density at radius 3 is 2.25 bits per heavy atom. The zero-order valence-electron chi connectivity index (χ0n) is 44.1. The Hall–Kier alpha value is -3.46. The number of aliphatic hydroxyl groups excluding tert-OH is 2. The number of piperidine rings is 1. The number of allylic oxidation sites excluding steroid dienone is 6. The topological polar surface area (TPSA) is 233 Å². The number of carbonyl (C=O) groups excluding carboxylic acids is 5. The number of ether oxygens (including phenoxy) is 5. The SMILES string of the molecule is CO[C@@H]1C[C@H](C[C@@H](C)[C@@H]2CC(=O)[C@H](C)/C=C(\C)[C@@H](O)[C@@H](OC)C(=O)[C@H](C)C[C@H](C)/C=C/C=C/C=C(\C)C(N3CCS3(=O)=O)C[C@@H]3CC[C@@H](C)[C@@](O)(O3)C(=O)C(=O)N3CCCC[C@H]3C(=O)O2)CC[C@H]1OCCO. The molecule has 2 bridgehead atoms. The molecule has 1 amide bonds. The van der Waals surface area contributed by atoms with Crippen molar-refractivity contribution in [3.63, 3.8) is 0 Å². The van der Waals surface area contributed by atoms with Crippen molar-refractivity contribution in [2.75, 3.05) is 46.3 Å². The molecule has 0 aromatic rings. The maximum atomic E-state index is 14.5. The number of cyclic esters (lactones) is 1. The van der Waals surface area contributed by atoms with Crippen molar-refractivity contribution < 1.29 is 71.4 Å². The molecule has 0 aromatic heterocycles. The summed E-state index contributed by atoms with van der Waals surface area (Å²) < 4.78 is 57.3. The Balaban J connectivity index is 1.49. The zero-order valence-corrected chi connectivity index (χ0v) is 44.9. The minimum Gasteiger partial charge on any atom is -0.460 e. The average Bonchev–Trinajstić information content (AvgIpc) is 3.35. The lowest BCUT2D eigenvalue weighted by Crippen LogP contribution is -2.61. The quantitative estimate of drug-likeness (QED) is 0.153. The summed E-state index contributed by atoms with van der Waals surface area (Å²) >= 11 is 0. The fraction of sp³-hybridized carbons (Fsp3) is 0.759. The summed E-state index contributed by atoms with van der Waals surface area (Å²) in [4.78, 5) is 72.6. The standard InChI is InChI=1S/C54H84N2O15S/c1-33-15-11-10-12-16-34(2)43(56-23-26-72(56,65)66)31-41-20-18-39(7)54(64,71-41)51(61)52(62)55-22-14-13-17-42(55)53(63)70-46(36(4)29-40-19-21-45(69-25-24-57)47(30-40)67-8)32-44(58)35(3)28-38(6)49(60)50(68-9)48(59)37(5)27-33/h10-12,15-16,28,33,35-37,39-43,45-47,49-50,57,60,64H,13-14,17-27,29-32H2,1-9H3/b12-10+,15-11+,34-16+,38-28+/t33-,35-,36-,37-,39-,40+,41+,42+,43?,45-,46+,47-,49-,50+,54-/m1/s1. The summed E-state index contributed by atoms with van der Waals surface area (Å²) in [5, 5.41) is 33.0. The maximum absolute atomic E-state index is 14.5. The minimum atomic E-state index is -3.56. The van der Waals surface area contributed by atoms with Gasteiger partial charge in [0.25, 0.3) is 11.7 Å². The highest BCUT2D eigenvalue weighted by Crippen LogP contribution is 2.39. The van der Waals surface area contributed by atoms with Gasteiger partial charge in [0.05, 0.1) is 37.3 Å². The highest BCUT2D eigenvalue weighted by molar-refractivity contribution is 7.90. The van der Waals surface area contributed by atoms with Crippen LogP contribution in [0.1, 0.15) is 126 Å². The number of ketones is 3. The fourth-order valence-corrected chi connectivity index (χ4v) is 12.6. The van der Waals surface area contributed by atoms with E-state index in [1.165, 1.54) is 11.4 Å². The lowest BCUT2D eigenvalue weighted by molar-refractivity contribution is -0.264. The van der Waals surface area contributed by atoms with E-state index in [0.29, 0.717) is 62.5 Å². The van der Waals surface area contributed by atoms with Crippen LogP contribution in [-0.2, 0) is 57.7 Å². The smallest absolute Gasteiger partial charge is 0.329 e. The van der Waals surface area contributed by atoms with Gasteiger partial charge in [0.15, 0.2) is 5.78 Å². The van der Waals surface area contributed by atoms with Gasteiger partial charge >= 0.3 is 5.97 Å². The Kier molecular flexibility index (Phi) is 22.2. The molecule has 4 aliphatic heterocycles. The second kappa shape index (κ2) is 26.8. The molecule has 4 fully saturated rings. The van der Waals surface area contributed by atoms with Crippen molar-refractivity contribution >= 4 is 39.2 Å². The second-order valence-corrected chi connectivity index (χ2v) is 23.4. The molecule has 5 aliphatic rings. The molecule has 0 radical (unpaired) electrons. The van der Waals surface area contributed by atoms with Gasteiger partial charge in [0, 0.05) is 57.5 Å². The number of sulfonamides is 1. The van der Waals surface area contributed by atoms with E-state index >= 15 is 0 Å². The predicted octanol–water partition coefficient (Wildman–Crippen LogP) is 5.20. The Morgan fingerprint density at radius 1 is 0.861 bits per heavy atom. The number of esters is 1. The lowest BCUT2D eigenvalue weighted by Gasteiger charge is -2.44. The Labute approximate surface area is 427 Å². The van der Waals surface area contributed by atoms with Crippen LogP contribution in [0.15, 0.2) is 47.6 Å². The average molecular weight is 1030 g/mol. The highest BCUT2D eigenvalue weighted by Gasteiger charge is 2.54. The van der Waals surface area contributed by atoms with Gasteiger partial charge in [-0.3, -0.25) is 19.2 Å². The molecule has 0 aromatic carbocycles. The van der Waals surface area contributed by atoms with Crippen molar-refractivity contribution in [3.8, 4) is 0 Å². The Morgan fingerprint density at radius 2 is 1.60 bits per heavy atom. The lowest BCUT2D eigenvalue weighted by atomic mass is 9.78. The maximum Gasteiger partial charge on any atom is 0.329 e. The molecule has 1 aliphatic carbocycles. The molecule has 72 heavy (non-hydrogen) atoms. The number of Topliss-reactive ketones (excluding diaryl/α,β-unsaturated/α-hetero) is 3. The highest BCUT2D eigenvalue weighted by atomic mass is 32.2. The number of methoxy groups -OCH3 is 2. The van der Waals surface area contributed by atoms with Crippen LogP contribution >= 0.6 is 0 Å². The molecule has 3 saturated heterocycles. The summed E-state index contributed by atoms with van der Waals surface area (Å²) in [5.41, 5.74) is 1.06. The van der Waals surface area contributed by atoms with Gasteiger partial charge in [0.2, 0.25) is 15.8 Å². The molecule has 3 N–H and O–H groups in total. The molecule has 4 heterocycles. The number of amides is 1. The van der Waals surface area contributed by atoms with Gasteiger partial charge in [0.1, 0.15) is 30.1 Å². The minimum absolute atomic E-state index is 0.0130. The number of fused-ring (bicyclic) bond motifs is 3. The number of carbonyl (C=O) groups is 5. The van der Waals surface area contributed by atoms with E-state index in [2.05, 4.69) is 0 Å². The number of hydrogen-bond donors (Lipinski definition) is 3. The van der Waals surface area contributed by atoms with Crippen LogP contribution in [0.4, 0.5) is 0 Å². The van der Waals surface area contributed by atoms with Crippen LogP contribution in [0.3, 0.4) is 0 Å². The van der Waals surface area contributed by atoms with E-state index in [4.69, 9.17) is 23.7 Å². The number of hydrogen-bond acceptors (Lipinski definition) is 15. The molecule has 406 valence electrons. The van der Waals surface area contributed by atoms with Crippen LogP contribution in [0.25, 0.3) is 0 Å². The molecule has 1 saturated carbocycles. The van der Waals surface area contributed by atoms with E-state index in [1.807, 2.05) is 32.9 Å². The van der Waals surface area contributed by atoms with Gasteiger partial charge in [-0.25, -0.2) is 13.2 Å². The molecular weight excluding hydrogens is 949 g/mol. The van der Waals surface area contributed by atoms with Gasteiger partial charge < -0.3 is 43.9 Å². The summed E-state index contributed by atoms with van der Waals surface area (Å²) in [7, 11) is -0.586. The van der Waals surface area contributed by atoms with Gasteiger partial charge in [-0.05, 0) is 108 Å². The van der Waals surface area contributed by atoms with Crippen molar-refractivity contribution in [3.05, 3.63) is 47.6 Å². The van der Waals surface area contributed by atoms with E-state index in [-0.39, 0.29) is 92.8 Å². The first kappa shape index (κ1) is 59.4. The molecule has 15 atom stereocenters. The Bertz CT molecular complexity index is 2120. The summed E-state index contributed by atoms with van der Waals surface area (Å²) in [6.07, 6.45) is 10.9. The van der Waals surface area contributed by atoms with E-state index < -0.39 is 87.7 Å². The normalized spacial score (nSPS) is 39.6. The third-order valence-corrected chi connectivity index (χ3v) is 17.7. The van der Waals surface area contributed by atoms with Gasteiger partial charge in [-0.1, -0.05) is 76.6 Å². The molecule has 18 heteroatoms. The monoisotopic (exact) mass is 1030 g/mol. The first-order valence-electron chi connectivity index (χ1n) is 26.2. The van der Waals surface area contributed by atoms with Crippen LogP contribution in [-0.4, -0.2) is 163 Å². The van der Waals surface area contributed by atoms with Crippen molar-refractivity contribution in [1.82, 2.24) is 9.21 Å². The summed E-state index contributed by atoms with van der Waals surface area (Å²) in [6, 6.07) is -1.87. The predicted molar refractivity (Wildman–Crippen MR) is 269 cm³/mol. The van der Waals surface area contributed by atoms with E-state index in [0.717, 1.165) is 11.3 Å². The molecular formula is C54H84N2O15S. The van der Waals surface area contributed by atoms with Crippen molar-refractivity contribution in [2.24, 2.45) is 35.5 Å². The van der Waals surface area contributed by atoms with Gasteiger partial charge in [-0.15, -0.1) is 0 Å². The van der Waals surface area contributed by atoms with Crippen molar-refractivity contribution in [1.29, 1.82) is 0 Å². The number of rotatable bonds is 9. The van der Waals surface area contributed by atoms with E-state index in [9.17, 15) is 47.7 Å². The molecule has 1 unspecified atom stereocenters. The second-order valence-electron chi connectivity index (χ2n) is 21.4. The van der Waals surface area contributed by atoms with Crippen LogP contribution in [0.2, 0.25) is 0 Å². The first-order chi connectivity index (χ1) is 34.1. The summed E-state index contributed by atoms with van der Waals surface area (Å²) in [6.45, 7) is 12.8. The summed E-state index contributed by atoms with van der Waals surface area (Å²) in [5.74, 6) is -8.65. The molecule has 17 nitrogen and oxygen atoms in total. The zero-order chi connectivity index (χ0) is 53.1. The number of nitrogens with zero attached hydrogens (tertiary/aromatic N) is 2. The third kappa shape index (κ3) is 14.9. The van der Waals surface area contributed by atoms with Crippen LogP contribution in [0.5, 0.6) is 0 Å². The van der Waals surface area contributed by atoms with Crippen LogP contribution < -0.4 is 0 Å². The fourth-order valence-electron chi connectivity index (χ4n) is 11.3.